The first kappa shape index (κ1) is 23.9. The van der Waals surface area contributed by atoms with E-state index in [4.69, 9.17) is 5.73 Å². The van der Waals surface area contributed by atoms with Gasteiger partial charge in [-0.15, -0.1) is 12.4 Å². The highest BCUT2D eigenvalue weighted by Gasteiger charge is 2.18. The molecule has 0 bridgehead atoms. The number of hydrogen-bond donors (Lipinski definition) is 2. The average Bonchev–Trinajstić information content (AvgIpc) is 2.58. The monoisotopic (exact) mass is 417 g/mol. The molecule has 0 radical (unpaired) electrons. The summed E-state index contributed by atoms with van der Waals surface area (Å²) in [6, 6.07) is 7.30. The van der Waals surface area contributed by atoms with Crippen molar-refractivity contribution in [2.75, 3.05) is 25.1 Å². The minimum absolute atomic E-state index is 0. The number of nitrogens with one attached hydrogen (secondary N) is 1. The molecule has 0 spiro atoms. The number of benzene rings is 1. The van der Waals surface area contributed by atoms with Gasteiger partial charge in [0.15, 0.2) is 0 Å². The average molecular weight is 418 g/mol. The summed E-state index contributed by atoms with van der Waals surface area (Å²) in [5.74, 6) is 0.337. The number of rotatable bonds is 8. The standard InChI is InChI=1S/C19H31N3O3S.ClH/c1-15-6-5-10-22(13-15)14-17-8-4-3-7-16(17)12-21-19(23)18(20)9-11-26(2,24)25;/h3-4,7-8,15,18H,5-6,9-14,20H2,1-2H3,(H,21,23);1H. The van der Waals surface area contributed by atoms with E-state index in [1.165, 1.54) is 18.4 Å². The number of sulfone groups is 1. The van der Waals surface area contributed by atoms with Crippen LogP contribution in [0.3, 0.4) is 0 Å². The van der Waals surface area contributed by atoms with Crippen LogP contribution in [0.5, 0.6) is 0 Å². The lowest BCUT2D eigenvalue weighted by atomic mass is 9.99. The van der Waals surface area contributed by atoms with E-state index in [-0.39, 0.29) is 30.5 Å². The molecule has 2 rings (SSSR count). The van der Waals surface area contributed by atoms with Gasteiger partial charge in [-0.05, 0) is 42.9 Å². The fourth-order valence-electron chi connectivity index (χ4n) is 3.34. The van der Waals surface area contributed by atoms with Crippen LogP contribution in [-0.4, -0.2) is 50.4 Å². The predicted octanol–water partition coefficient (Wildman–Crippen LogP) is 1.72. The zero-order valence-corrected chi connectivity index (χ0v) is 17.8. The Hall–Kier alpha value is -1.15. The quantitative estimate of drug-likeness (QED) is 0.671. The van der Waals surface area contributed by atoms with E-state index in [9.17, 15) is 13.2 Å². The molecule has 1 heterocycles. The molecule has 8 heteroatoms. The van der Waals surface area contributed by atoms with Crippen LogP contribution in [0, 0.1) is 5.92 Å². The van der Waals surface area contributed by atoms with E-state index in [2.05, 4.69) is 23.2 Å². The second-order valence-electron chi connectivity index (χ2n) is 7.49. The van der Waals surface area contributed by atoms with Crippen LogP contribution in [0.4, 0.5) is 0 Å². The Labute approximate surface area is 169 Å². The first-order valence-electron chi connectivity index (χ1n) is 9.25. The first-order chi connectivity index (χ1) is 12.2. The van der Waals surface area contributed by atoms with E-state index in [0.29, 0.717) is 6.54 Å². The third-order valence-electron chi connectivity index (χ3n) is 4.84. The Morgan fingerprint density at radius 2 is 2.00 bits per heavy atom. The largest absolute Gasteiger partial charge is 0.351 e. The number of nitrogens with zero attached hydrogens (tertiary/aromatic N) is 1. The third-order valence-corrected chi connectivity index (χ3v) is 5.82. The van der Waals surface area contributed by atoms with Crippen molar-refractivity contribution in [3.63, 3.8) is 0 Å². The van der Waals surface area contributed by atoms with Crippen molar-refractivity contribution in [1.82, 2.24) is 10.2 Å². The predicted molar refractivity (Wildman–Crippen MR) is 112 cm³/mol. The molecule has 2 unspecified atom stereocenters. The van der Waals surface area contributed by atoms with Gasteiger partial charge in [0, 0.05) is 25.9 Å². The lowest BCUT2D eigenvalue weighted by Gasteiger charge is -2.31. The van der Waals surface area contributed by atoms with Crippen molar-refractivity contribution >= 4 is 28.2 Å². The number of nitrogens with two attached hydrogens (primary N) is 1. The molecule has 154 valence electrons. The summed E-state index contributed by atoms with van der Waals surface area (Å²) < 4.78 is 22.4. The SMILES string of the molecule is CC1CCCN(Cc2ccccc2CNC(=O)C(N)CCS(C)(=O)=O)C1.Cl. The van der Waals surface area contributed by atoms with Crippen molar-refractivity contribution < 1.29 is 13.2 Å². The van der Waals surface area contributed by atoms with Crippen LogP contribution in [0.15, 0.2) is 24.3 Å². The maximum absolute atomic E-state index is 12.1. The van der Waals surface area contributed by atoms with Gasteiger partial charge in [0.2, 0.25) is 5.91 Å². The maximum atomic E-state index is 12.1. The van der Waals surface area contributed by atoms with Crippen LogP contribution in [0.2, 0.25) is 0 Å². The minimum atomic E-state index is -3.11. The lowest BCUT2D eigenvalue weighted by Crippen LogP contribution is -2.41. The Bertz CT molecular complexity index is 712. The number of carbonyl (C=O) groups is 1. The molecule has 0 aromatic heterocycles. The van der Waals surface area contributed by atoms with Gasteiger partial charge in [0.25, 0.3) is 0 Å². The molecule has 1 aromatic rings. The first-order valence-corrected chi connectivity index (χ1v) is 11.3. The Morgan fingerprint density at radius 1 is 1.33 bits per heavy atom. The molecule has 0 saturated carbocycles. The topological polar surface area (TPSA) is 92.5 Å². The van der Waals surface area contributed by atoms with Crippen LogP contribution >= 0.6 is 12.4 Å². The van der Waals surface area contributed by atoms with Gasteiger partial charge >= 0.3 is 0 Å². The second kappa shape index (κ2) is 11.0. The van der Waals surface area contributed by atoms with Crippen molar-refractivity contribution in [3.8, 4) is 0 Å². The Kier molecular flexibility index (Phi) is 9.73. The number of carbonyl (C=O) groups excluding carboxylic acids is 1. The molecule has 1 aliphatic rings. The number of likely N-dealkylation sites (tertiary alicyclic amines) is 1. The number of piperidine rings is 1. The number of halogens is 1. The number of amides is 1. The van der Waals surface area contributed by atoms with Crippen molar-refractivity contribution in [2.45, 2.75) is 45.3 Å². The highest BCUT2D eigenvalue weighted by atomic mass is 35.5. The molecule has 1 aromatic carbocycles. The Balaban J connectivity index is 0.00000364. The van der Waals surface area contributed by atoms with E-state index in [1.54, 1.807) is 0 Å². The minimum Gasteiger partial charge on any atom is -0.351 e. The molecule has 2 atom stereocenters. The zero-order valence-electron chi connectivity index (χ0n) is 16.2. The third kappa shape index (κ3) is 8.60. The summed E-state index contributed by atoms with van der Waals surface area (Å²) in [6.07, 6.45) is 3.81. The van der Waals surface area contributed by atoms with E-state index >= 15 is 0 Å². The fraction of sp³-hybridized carbons (Fsp3) is 0.632. The van der Waals surface area contributed by atoms with Gasteiger partial charge < -0.3 is 11.1 Å². The summed E-state index contributed by atoms with van der Waals surface area (Å²) in [6.45, 7) is 5.80. The highest BCUT2D eigenvalue weighted by molar-refractivity contribution is 7.90. The van der Waals surface area contributed by atoms with Crippen molar-refractivity contribution in [1.29, 1.82) is 0 Å². The molecule has 1 amide bonds. The van der Waals surface area contributed by atoms with E-state index < -0.39 is 15.9 Å². The zero-order chi connectivity index (χ0) is 19.2. The van der Waals surface area contributed by atoms with Gasteiger partial charge in [-0.3, -0.25) is 9.69 Å². The van der Waals surface area contributed by atoms with E-state index in [1.807, 2.05) is 18.2 Å². The van der Waals surface area contributed by atoms with Gasteiger partial charge in [-0.25, -0.2) is 8.42 Å². The summed E-state index contributed by atoms with van der Waals surface area (Å²) in [5.41, 5.74) is 8.10. The molecule has 0 aliphatic carbocycles. The van der Waals surface area contributed by atoms with Crippen molar-refractivity contribution in [2.24, 2.45) is 11.7 Å². The van der Waals surface area contributed by atoms with E-state index in [0.717, 1.165) is 37.4 Å². The Morgan fingerprint density at radius 3 is 2.63 bits per heavy atom. The van der Waals surface area contributed by atoms with Gasteiger partial charge in [-0.1, -0.05) is 31.2 Å². The highest BCUT2D eigenvalue weighted by Crippen LogP contribution is 2.19. The molecule has 1 fully saturated rings. The summed E-state index contributed by atoms with van der Waals surface area (Å²) in [5, 5.41) is 2.84. The molecule has 6 nitrogen and oxygen atoms in total. The molecule has 3 N–H and O–H groups in total. The molecule has 27 heavy (non-hydrogen) atoms. The second-order valence-corrected chi connectivity index (χ2v) is 9.75. The molecular weight excluding hydrogens is 386 g/mol. The van der Waals surface area contributed by atoms with Crippen LogP contribution < -0.4 is 11.1 Å². The maximum Gasteiger partial charge on any atom is 0.237 e. The normalized spacial score (nSPS) is 19.1. The van der Waals surface area contributed by atoms with Crippen LogP contribution in [0.25, 0.3) is 0 Å². The molecule has 1 aliphatic heterocycles. The summed E-state index contributed by atoms with van der Waals surface area (Å²) in [7, 11) is -3.11. The number of hydrogen-bond acceptors (Lipinski definition) is 5. The van der Waals surface area contributed by atoms with Gasteiger partial charge in [-0.2, -0.15) is 0 Å². The fourth-order valence-corrected chi connectivity index (χ4v) is 4.02. The van der Waals surface area contributed by atoms with Crippen LogP contribution in [0.1, 0.15) is 37.3 Å². The summed E-state index contributed by atoms with van der Waals surface area (Å²) in [4.78, 5) is 14.6. The molecule has 1 saturated heterocycles. The van der Waals surface area contributed by atoms with Gasteiger partial charge in [0.1, 0.15) is 9.84 Å². The lowest BCUT2D eigenvalue weighted by molar-refractivity contribution is -0.122. The van der Waals surface area contributed by atoms with Gasteiger partial charge in [0.05, 0.1) is 11.8 Å². The molecular formula is C19H32ClN3O3S. The van der Waals surface area contributed by atoms with Crippen LogP contribution in [-0.2, 0) is 27.7 Å². The summed E-state index contributed by atoms with van der Waals surface area (Å²) >= 11 is 0. The van der Waals surface area contributed by atoms with Crippen molar-refractivity contribution in [3.05, 3.63) is 35.4 Å². The smallest absolute Gasteiger partial charge is 0.237 e.